The van der Waals surface area contributed by atoms with Crippen LogP contribution in [0.2, 0.25) is 0 Å². The maximum Gasteiger partial charge on any atom is 0.181 e. The summed E-state index contributed by atoms with van der Waals surface area (Å²) < 4.78 is 9.30. The highest BCUT2D eigenvalue weighted by atomic mass is 16.5. The molecule has 1 N–H and O–H groups in total. The number of benzene rings is 1. The standard InChI is InChI=1S/C18H22N6O/c1-23-13-20-18(22-23)14-2-4-15(5-3-14)19-12-17-6-9-21-24(17)16-7-10-25-11-8-16/h2-6,9,13,16,19H,7-8,10-12H2,1H3. The van der Waals surface area contributed by atoms with Crippen LogP contribution in [0.4, 0.5) is 5.69 Å². The zero-order valence-corrected chi connectivity index (χ0v) is 14.3. The number of rotatable bonds is 5. The molecule has 1 aliphatic heterocycles. The van der Waals surface area contributed by atoms with Crippen molar-refractivity contribution < 1.29 is 4.74 Å². The van der Waals surface area contributed by atoms with Gasteiger partial charge in [-0.1, -0.05) is 0 Å². The minimum atomic E-state index is 0.443. The fourth-order valence-electron chi connectivity index (χ4n) is 3.14. The molecule has 25 heavy (non-hydrogen) atoms. The summed E-state index contributed by atoms with van der Waals surface area (Å²) in [5.41, 5.74) is 3.28. The maximum absolute atomic E-state index is 5.45. The minimum absolute atomic E-state index is 0.443. The van der Waals surface area contributed by atoms with E-state index in [1.54, 1.807) is 11.0 Å². The van der Waals surface area contributed by atoms with E-state index in [0.29, 0.717) is 6.04 Å². The predicted octanol–water partition coefficient (Wildman–Crippen LogP) is 2.64. The number of ether oxygens (including phenoxy) is 1. The molecule has 0 bridgehead atoms. The van der Waals surface area contributed by atoms with Crippen LogP contribution in [0.25, 0.3) is 11.4 Å². The Morgan fingerprint density at radius 2 is 1.96 bits per heavy atom. The molecule has 0 radical (unpaired) electrons. The van der Waals surface area contributed by atoms with Crippen molar-refractivity contribution in [1.82, 2.24) is 24.5 Å². The summed E-state index contributed by atoms with van der Waals surface area (Å²) in [4.78, 5) is 4.28. The number of aryl methyl sites for hydroxylation is 1. The van der Waals surface area contributed by atoms with Crippen molar-refractivity contribution in [2.75, 3.05) is 18.5 Å². The van der Waals surface area contributed by atoms with E-state index in [1.165, 1.54) is 5.69 Å². The van der Waals surface area contributed by atoms with E-state index in [4.69, 9.17) is 4.74 Å². The molecule has 0 unspecified atom stereocenters. The van der Waals surface area contributed by atoms with Crippen molar-refractivity contribution in [3.05, 3.63) is 48.5 Å². The lowest BCUT2D eigenvalue weighted by Gasteiger charge is -2.24. The number of hydrogen-bond donors (Lipinski definition) is 1. The van der Waals surface area contributed by atoms with Gasteiger partial charge in [0.2, 0.25) is 0 Å². The molecule has 130 valence electrons. The molecule has 2 aromatic heterocycles. The van der Waals surface area contributed by atoms with Gasteiger partial charge in [-0.2, -0.15) is 10.2 Å². The predicted molar refractivity (Wildman–Crippen MR) is 95.1 cm³/mol. The van der Waals surface area contributed by atoms with Crippen LogP contribution in [-0.4, -0.2) is 37.8 Å². The summed E-state index contributed by atoms with van der Waals surface area (Å²) in [6, 6.07) is 10.7. The molecule has 3 heterocycles. The number of hydrogen-bond acceptors (Lipinski definition) is 5. The number of anilines is 1. The topological polar surface area (TPSA) is 69.8 Å². The first-order valence-corrected chi connectivity index (χ1v) is 8.60. The van der Waals surface area contributed by atoms with Crippen molar-refractivity contribution in [3.8, 4) is 11.4 Å². The highest BCUT2D eigenvalue weighted by molar-refractivity contribution is 5.59. The van der Waals surface area contributed by atoms with Crippen molar-refractivity contribution in [2.24, 2.45) is 7.05 Å². The van der Waals surface area contributed by atoms with Crippen LogP contribution in [0.15, 0.2) is 42.9 Å². The van der Waals surface area contributed by atoms with Crippen LogP contribution < -0.4 is 5.32 Å². The lowest BCUT2D eigenvalue weighted by molar-refractivity contribution is 0.0655. The van der Waals surface area contributed by atoms with Gasteiger partial charge in [-0.25, -0.2) is 4.98 Å². The third-order valence-electron chi connectivity index (χ3n) is 4.51. The molecule has 0 atom stereocenters. The molecule has 1 aromatic carbocycles. The molecule has 4 rings (SSSR count). The Labute approximate surface area is 146 Å². The zero-order valence-electron chi connectivity index (χ0n) is 14.3. The fourth-order valence-corrected chi connectivity index (χ4v) is 3.14. The molecule has 1 aliphatic rings. The third-order valence-corrected chi connectivity index (χ3v) is 4.51. The van der Waals surface area contributed by atoms with Gasteiger partial charge in [0.25, 0.3) is 0 Å². The second-order valence-corrected chi connectivity index (χ2v) is 6.28. The van der Waals surface area contributed by atoms with Crippen molar-refractivity contribution in [1.29, 1.82) is 0 Å². The summed E-state index contributed by atoms with van der Waals surface area (Å²) in [5, 5.41) is 12.3. The van der Waals surface area contributed by atoms with Crippen LogP contribution in [0.5, 0.6) is 0 Å². The lowest BCUT2D eigenvalue weighted by Crippen LogP contribution is -2.22. The Balaban J connectivity index is 1.41. The molecular weight excluding hydrogens is 316 g/mol. The first-order chi connectivity index (χ1) is 12.3. The molecule has 0 amide bonds. The van der Waals surface area contributed by atoms with Crippen molar-refractivity contribution >= 4 is 5.69 Å². The maximum atomic E-state index is 5.45. The van der Waals surface area contributed by atoms with Gasteiger partial charge in [0, 0.05) is 37.7 Å². The van der Waals surface area contributed by atoms with Gasteiger partial charge in [0.15, 0.2) is 5.82 Å². The van der Waals surface area contributed by atoms with Crippen LogP contribution in [-0.2, 0) is 18.3 Å². The Hall–Kier alpha value is -2.67. The SMILES string of the molecule is Cn1cnc(-c2ccc(NCc3ccnn3C3CCOCC3)cc2)n1. The van der Waals surface area contributed by atoms with Gasteiger partial charge >= 0.3 is 0 Å². The van der Waals surface area contributed by atoms with E-state index in [-0.39, 0.29) is 0 Å². The summed E-state index contributed by atoms with van der Waals surface area (Å²) in [6.07, 6.45) is 5.64. The first kappa shape index (κ1) is 15.8. The van der Waals surface area contributed by atoms with E-state index in [2.05, 4.69) is 43.4 Å². The van der Waals surface area contributed by atoms with Gasteiger partial charge in [-0.3, -0.25) is 9.36 Å². The van der Waals surface area contributed by atoms with Crippen LogP contribution >= 0.6 is 0 Å². The quantitative estimate of drug-likeness (QED) is 0.774. The molecule has 7 heteroatoms. The largest absolute Gasteiger partial charge is 0.381 e. The van der Waals surface area contributed by atoms with E-state index in [0.717, 1.165) is 49.7 Å². The monoisotopic (exact) mass is 338 g/mol. The molecule has 0 saturated carbocycles. The Morgan fingerprint density at radius 1 is 1.16 bits per heavy atom. The Morgan fingerprint density at radius 3 is 2.68 bits per heavy atom. The molecule has 0 aliphatic carbocycles. The molecule has 3 aromatic rings. The smallest absolute Gasteiger partial charge is 0.181 e. The van der Waals surface area contributed by atoms with Crippen molar-refractivity contribution in [2.45, 2.75) is 25.4 Å². The Bertz CT molecular complexity index is 816. The molecule has 1 fully saturated rings. The summed E-state index contributed by atoms with van der Waals surface area (Å²) in [6.45, 7) is 2.39. The van der Waals surface area contributed by atoms with Gasteiger partial charge < -0.3 is 10.1 Å². The first-order valence-electron chi connectivity index (χ1n) is 8.60. The van der Waals surface area contributed by atoms with Crippen LogP contribution in [0, 0.1) is 0 Å². The molecular formula is C18H22N6O. The Kier molecular flexibility index (Phi) is 4.47. The second-order valence-electron chi connectivity index (χ2n) is 6.28. The zero-order chi connectivity index (χ0) is 17.1. The van der Waals surface area contributed by atoms with E-state index < -0.39 is 0 Å². The van der Waals surface area contributed by atoms with Gasteiger partial charge in [-0.15, -0.1) is 0 Å². The van der Waals surface area contributed by atoms with E-state index >= 15 is 0 Å². The summed E-state index contributed by atoms with van der Waals surface area (Å²) in [7, 11) is 1.87. The second kappa shape index (κ2) is 7.06. The molecule has 7 nitrogen and oxygen atoms in total. The fraction of sp³-hybridized carbons (Fsp3) is 0.389. The van der Waals surface area contributed by atoms with Gasteiger partial charge in [0.05, 0.1) is 18.3 Å². The van der Waals surface area contributed by atoms with Crippen molar-refractivity contribution in [3.63, 3.8) is 0 Å². The summed E-state index contributed by atoms with van der Waals surface area (Å²) in [5.74, 6) is 0.742. The third kappa shape index (κ3) is 3.56. The number of nitrogens with one attached hydrogen (secondary N) is 1. The number of nitrogens with zero attached hydrogens (tertiary/aromatic N) is 5. The summed E-state index contributed by atoms with van der Waals surface area (Å²) >= 11 is 0. The van der Waals surface area contributed by atoms with Crippen LogP contribution in [0.1, 0.15) is 24.6 Å². The van der Waals surface area contributed by atoms with E-state index in [1.807, 2.05) is 25.4 Å². The average molecular weight is 338 g/mol. The van der Waals surface area contributed by atoms with E-state index in [9.17, 15) is 0 Å². The normalized spacial score (nSPS) is 15.4. The minimum Gasteiger partial charge on any atom is -0.381 e. The van der Waals surface area contributed by atoms with Gasteiger partial charge in [-0.05, 0) is 43.2 Å². The average Bonchev–Trinajstić information content (AvgIpc) is 3.30. The highest BCUT2D eigenvalue weighted by Gasteiger charge is 2.18. The number of aromatic nitrogens is 5. The molecule has 1 saturated heterocycles. The lowest BCUT2D eigenvalue weighted by atomic mass is 10.1. The highest BCUT2D eigenvalue weighted by Crippen LogP contribution is 2.23. The van der Waals surface area contributed by atoms with Crippen LogP contribution in [0.3, 0.4) is 0 Å². The molecule has 0 spiro atoms. The van der Waals surface area contributed by atoms with Gasteiger partial charge in [0.1, 0.15) is 6.33 Å².